The Bertz CT molecular complexity index is 355. The molecule has 1 heterocycles. The van der Waals surface area contributed by atoms with Crippen LogP contribution in [0.25, 0.3) is 0 Å². The molecular weight excluding hydrogens is 266 g/mol. The lowest BCUT2D eigenvalue weighted by Crippen LogP contribution is -2.53. The predicted molar refractivity (Wildman–Crippen MR) is 85.3 cm³/mol. The second-order valence-corrected chi connectivity index (χ2v) is 6.21. The van der Waals surface area contributed by atoms with Crippen molar-refractivity contribution in [1.29, 1.82) is 0 Å². The van der Waals surface area contributed by atoms with Crippen LogP contribution in [-0.4, -0.2) is 34.9 Å². The molecule has 0 aromatic heterocycles. The van der Waals surface area contributed by atoms with E-state index >= 15 is 0 Å². The second-order valence-electron chi connectivity index (χ2n) is 6.21. The zero-order valence-electron chi connectivity index (χ0n) is 13.8. The molecule has 1 aliphatic heterocycles. The van der Waals surface area contributed by atoms with Crippen molar-refractivity contribution >= 4 is 11.7 Å². The number of amidine groups is 1. The van der Waals surface area contributed by atoms with E-state index in [0.29, 0.717) is 12.8 Å². The van der Waals surface area contributed by atoms with Gasteiger partial charge in [0.1, 0.15) is 5.41 Å². The molecule has 1 fully saturated rings. The van der Waals surface area contributed by atoms with Crippen LogP contribution in [0.1, 0.15) is 65.7 Å². The number of carbonyl (C=O) groups is 1. The van der Waals surface area contributed by atoms with E-state index in [0.717, 1.165) is 44.7 Å². The Labute approximate surface area is 128 Å². The van der Waals surface area contributed by atoms with Crippen LogP contribution < -0.4 is 5.73 Å². The molecule has 0 aliphatic carbocycles. The Kier molecular flexibility index (Phi) is 6.99. The van der Waals surface area contributed by atoms with Crippen molar-refractivity contribution < 1.29 is 10.0 Å². The maximum Gasteiger partial charge on any atom is 0.236 e. The lowest BCUT2D eigenvalue weighted by Gasteiger charge is -2.39. The number of hydrogen-bond acceptors (Lipinski definition) is 3. The molecule has 1 aliphatic rings. The molecule has 3 N–H and O–H groups in total. The molecule has 0 atom stereocenters. The molecular formula is C16H31N3O2. The van der Waals surface area contributed by atoms with Crippen molar-refractivity contribution in [1.82, 2.24) is 4.90 Å². The molecule has 0 aromatic carbocycles. The number of oxime groups is 1. The number of nitrogens with zero attached hydrogens (tertiary/aromatic N) is 2. The smallest absolute Gasteiger partial charge is 0.236 e. The van der Waals surface area contributed by atoms with Gasteiger partial charge in [-0.2, -0.15) is 0 Å². The van der Waals surface area contributed by atoms with Crippen LogP contribution in [0.15, 0.2) is 5.16 Å². The topological polar surface area (TPSA) is 78.9 Å². The molecule has 122 valence electrons. The zero-order valence-corrected chi connectivity index (χ0v) is 13.8. The van der Waals surface area contributed by atoms with Crippen LogP contribution in [-0.2, 0) is 4.79 Å². The first-order valence-corrected chi connectivity index (χ1v) is 8.33. The van der Waals surface area contributed by atoms with Crippen molar-refractivity contribution in [2.45, 2.75) is 65.7 Å². The molecule has 1 saturated heterocycles. The monoisotopic (exact) mass is 297 g/mol. The lowest BCUT2D eigenvalue weighted by atomic mass is 9.76. The minimum Gasteiger partial charge on any atom is -0.409 e. The van der Waals surface area contributed by atoms with E-state index in [-0.39, 0.29) is 11.7 Å². The average molecular weight is 297 g/mol. The number of rotatable bonds is 7. The first-order chi connectivity index (χ1) is 10.1. The molecule has 0 bridgehead atoms. The maximum atomic E-state index is 13.0. The quantitative estimate of drug-likeness (QED) is 0.328. The van der Waals surface area contributed by atoms with E-state index in [2.05, 4.69) is 12.1 Å². The molecule has 0 saturated carbocycles. The predicted octanol–water partition coefficient (Wildman–Crippen LogP) is 2.97. The second kappa shape index (κ2) is 8.25. The summed E-state index contributed by atoms with van der Waals surface area (Å²) in [5.41, 5.74) is 5.12. The molecule has 1 amide bonds. The third-order valence-electron chi connectivity index (χ3n) is 4.84. The van der Waals surface area contributed by atoms with Crippen molar-refractivity contribution in [3.63, 3.8) is 0 Å². The third kappa shape index (κ3) is 3.89. The maximum absolute atomic E-state index is 13.0. The highest BCUT2D eigenvalue weighted by Crippen LogP contribution is 2.34. The van der Waals surface area contributed by atoms with Crippen LogP contribution >= 0.6 is 0 Å². The summed E-state index contributed by atoms with van der Waals surface area (Å²) < 4.78 is 0. The highest BCUT2D eigenvalue weighted by atomic mass is 16.4. The first-order valence-electron chi connectivity index (χ1n) is 8.33. The Morgan fingerprint density at radius 1 is 1.24 bits per heavy atom. The summed E-state index contributed by atoms with van der Waals surface area (Å²) in [5.74, 6) is 0.856. The van der Waals surface area contributed by atoms with Crippen molar-refractivity contribution in [3.8, 4) is 0 Å². The molecule has 0 spiro atoms. The van der Waals surface area contributed by atoms with E-state index in [1.165, 1.54) is 6.42 Å². The summed E-state index contributed by atoms with van der Waals surface area (Å²) in [6.07, 6.45) is 6.27. The van der Waals surface area contributed by atoms with Gasteiger partial charge in [-0.1, -0.05) is 45.2 Å². The van der Waals surface area contributed by atoms with Crippen LogP contribution in [0, 0.1) is 11.3 Å². The van der Waals surface area contributed by atoms with E-state index in [4.69, 9.17) is 10.9 Å². The summed E-state index contributed by atoms with van der Waals surface area (Å²) in [6, 6.07) is 0. The van der Waals surface area contributed by atoms with Gasteiger partial charge in [-0.15, -0.1) is 0 Å². The van der Waals surface area contributed by atoms with Gasteiger partial charge in [-0.3, -0.25) is 4.79 Å². The van der Waals surface area contributed by atoms with Crippen molar-refractivity contribution in [2.24, 2.45) is 22.2 Å². The average Bonchev–Trinajstić information content (AvgIpc) is 2.53. The highest BCUT2D eigenvalue weighted by molar-refractivity contribution is 6.06. The van der Waals surface area contributed by atoms with Crippen LogP contribution in [0.4, 0.5) is 0 Å². The number of piperidine rings is 1. The lowest BCUT2D eigenvalue weighted by molar-refractivity contribution is -0.140. The zero-order chi connectivity index (χ0) is 15.9. The Morgan fingerprint density at radius 3 is 2.14 bits per heavy atom. The minimum atomic E-state index is -0.822. The van der Waals surface area contributed by atoms with Gasteiger partial charge in [0.05, 0.1) is 0 Å². The number of carbonyl (C=O) groups excluding carboxylic acids is 1. The Morgan fingerprint density at radius 2 is 1.76 bits per heavy atom. The molecule has 0 unspecified atom stereocenters. The fourth-order valence-electron chi connectivity index (χ4n) is 3.50. The summed E-state index contributed by atoms with van der Waals surface area (Å²) in [6.45, 7) is 7.87. The Hall–Kier alpha value is -1.26. The van der Waals surface area contributed by atoms with E-state index in [9.17, 15) is 4.79 Å². The van der Waals surface area contributed by atoms with Crippen LogP contribution in [0.5, 0.6) is 0 Å². The number of likely N-dealkylation sites (tertiary alicyclic amines) is 1. The summed E-state index contributed by atoms with van der Waals surface area (Å²) >= 11 is 0. The summed E-state index contributed by atoms with van der Waals surface area (Å²) in [4.78, 5) is 15.0. The standard InChI is InChI=1S/C16H31N3O2/c1-4-9-16(10-5-2,14(17)18-21)15(20)19-11-7-13(6-3)8-12-19/h13,21H,4-12H2,1-3H3,(H2,17,18). The molecule has 0 aromatic rings. The molecule has 0 radical (unpaired) electrons. The minimum absolute atomic E-state index is 0.0519. The van der Waals surface area contributed by atoms with Crippen molar-refractivity contribution in [2.75, 3.05) is 13.1 Å². The van der Waals surface area contributed by atoms with E-state index in [1.54, 1.807) is 0 Å². The van der Waals surface area contributed by atoms with Gasteiger partial charge in [0.2, 0.25) is 5.91 Å². The van der Waals surface area contributed by atoms with Gasteiger partial charge >= 0.3 is 0 Å². The largest absolute Gasteiger partial charge is 0.409 e. The van der Waals surface area contributed by atoms with Gasteiger partial charge in [-0.25, -0.2) is 0 Å². The number of nitrogens with two attached hydrogens (primary N) is 1. The third-order valence-corrected chi connectivity index (χ3v) is 4.84. The number of hydrogen-bond donors (Lipinski definition) is 2. The molecule has 5 nitrogen and oxygen atoms in total. The molecule has 1 rings (SSSR count). The summed E-state index contributed by atoms with van der Waals surface area (Å²) in [7, 11) is 0. The van der Waals surface area contributed by atoms with E-state index < -0.39 is 5.41 Å². The molecule has 21 heavy (non-hydrogen) atoms. The highest BCUT2D eigenvalue weighted by Gasteiger charge is 2.44. The normalized spacial score (nSPS) is 18.0. The number of amides is 1. The first kappa shape index (κ1) is 17.8. The fraction of sp³-hybridized carbons (Fsp3) is 0.875. The van der Waals surface area contributed by atoms with Gasteiger partial charge in [0, 0.05) is 13.1 Å². The van der Waals surface area contributed by atoms with Crippen molar-refractivity contribution in [3.05, 3.63) is 0 Å². The Balaban J connectivity index is 2.94. The fourth-order valence-corrected chi connectivity index (χ4v) is 3.50. The SMILES string of the molecule is CCCC(CCC)(C(=O)N1CCC(CC)CC1)C(N)=NO. The van der Waals surface area contributed by atoms with Gasteiger partial charge in [0.25, 0.3) is 0 Å². The van der Waals surface area contributed by atoms with Gasteiger partial charge in [0.15, 0.2) is 5.84 Å². The molecule has 5 heteroatoms. The van der Waals surface area contributed by atoms with Gasteiger partial charge < -0.3 is 15.8 Å². The van der Waals surface area contributed by atoms with Crippen LogP contribution in [0.3, 0.4) is 0 Å². The van der Waals surface area contributed by atoms with Crippen LogP contribution in [0.2, 0.25) is 0 Å². The summed E-state index contributed by atoms with van der Waals surface area (Å²) in [5, 5.41) is 12.3. The van der Waals surface area contributed by atoms with Gasteiger partial charge in [-0.05, 0) is 31.6 Å². The van der Waals surface area contributed by atoms with E-state index in [1.807, 2.05) is 18.7 Å².